The van der Waals surface area contributed by atoms with E-state index in [-0.39, 0.29) is 5.97 Å². The second kappa shape index (κ2) is 7.23. The Balaban J connectivity index is 2.26. The highest BCUT2D eigenvalue weighted by Crippen LogP contribution is 2.25. The van der Waals surface area contributed by atoms with Crippen LogP contribution in [0.2, 0.25) is 0 Å². The predicted molar refractivity (Wildman–Crippen MR) is 68.1 cm³/mol. The first kappa shape index (κ1) is 13.0. The van der Waals surface area contributed by atoms with Gasteiger partial charge in [-0.2, -0.15) is 0 Å². The van der Waals surface area contributed by atoms with Crippen LogP contribution in [0.4, 0.5) is 0 Å². The van der Waals surface area contributed by atoms with Crippen molar-refractivity contribution in [3.05, 3.63) is 22.4 Å². The normalized spacial score (nSPS) is 18.1. The van der Waals surface area contributed by atoms with Crippen LogP contribution in [0.5, 0.6) is 0 Å². The maximum absolute atomic E-state index is 11.0. The summed E-state index contributed by atoms with van der Waals surface area (Å²) in [7, 11) is 0. The number of ether oxygens (including phenoxy) is 1. The van der Waals surface area contributed by atoms with E-state index >= 15 is 0 Å². The first-order valence-electron chi connectivity index (χ1n) is 5.07. The summed E-state index contributed by atoms with van der Waals surface area (Å²) in [5.74, 6) is 0.414. The van der Waals surface area contributed by atoms with Crippen LogP contribution in [0.1, 0.15) is 32.1 Å². The molecule has 0 bridgehead atoms. The molecule has 0 N–H and O–H groups in total. The monoisotopic (exact) mass is 336 g/mol. The Morgan fingerprint density at radius 1 is 1.27 bits per heavy atom. The Bertz CT molecular complexity index is 282. The van der Waals surface area contributed by atoms with Gasteiger partial charge in [-0.05, 0) is 19.3 Å². The number of hydrogen-bond acceptors (Lipinski definition) is 2. The maximum Gasteiger partial charge on any atom is 0.336 e. The zero-order valence-electron chi connectivity index (χ0n) is 8.47. The fraction of sp³-hybridized carbons (Fsp3) is 0.545. The van der Waals surface area contributed by atoms with Crippen LogP contribution in [0.25, 0.3) is 0 Å². The van der Waals surface area contributed by atoms with Crippen LogP contribution in [-0.2, 0) is 9.53 Å². The molecule has 0 unspecified atom stereocenters. The van der Waals surface area contributed by atoms with E-state index in [0.29, 0.717) is 5.76 Å². The molecule has 0 aromatic rings. The topological polar surface area (TPSA) is 26.3 Å². The minimum absolute atomic E-state index is 0.254. The van der Waals surface area contributed by atoms with Gasteiger partial charge in [-0.15, -0.1) is 0 Å². The van der Waals surface area contributed by atoms with Gasteiger partial charge in [0, 0.05) is 22.0 Å². The van der Waals surface area contributed by atoms with Crippen molar-refractivity contribution in [1.82, 2.24) is 0 Å². The van der Waals surface area contributed by atoms with E-state index in [2.05, 4.69) is 31.9 Å². The lowest BCUT2D eigenvalue weighted by molar-refractivity contribution is -0.132. The standard InChI is InChI=1S/C11H14Br2O2/c12-6-4-2-1-3-5-9-7-11(14)15-10(9)8-13/h7-8H,1-6H2. The molecule has 0 fully saturated rings. The van der Waals surface area contributed by atoms with Crippen molar-refractivity contribution in [2.24, 2.45) is 0 Å². The molecule has 15 heavy (non-hydrogen) atoms. The summed E-state index contributed by atoms with van der Waals surface area (Å²) in [6, 6.07) is 0. The van der Waals surface area contributed by atoms with E-state index in [1.807, 2.05) is 0 Å². The van der Waals surface area contributed by atoms with Crippen molar-refractivity contribution in [2.75, 3.05) is 5.33 Å². The second-order valence-corrected chi connectivity index (χ2v) is 4.67. The van der Waals surface area contributed by atoms with Gasteiger partial charge in [0.25, 0.3) is 0 Å². The number of hydrogen-bond donors (Lipinski definition) is 0. The minimum atomic E-state index is -0.254. The zero-order chi connectivity index (χ0) is 11.1. The van der Waals surface area contributed by atoms with Gasteiger partial charge in [0.2, 0.25) is 0 Å². The molecular formula is C11H14Br2O2. The van der Waals surface area contributed by atoms with Crippen LogP contribution < -0.4 is 0 Å². The highest BCUT2D eigenvalue weighted by molar-refractivity contribution is 9.11. The fourth-order valence-electron chi connectivity index (χ4n) is 1.47. The SMILES string of the molecule is O=C1C=C(CCCCCCBr)C(=CBr)O1. The molecule has 0 amide bonds. The second-order valence-electron chi connectivity index (χ2n) is 3.42. The Kier molecular flexibility index (Phi) is 6.25. The molecule has 1 aliphatic heterocycles. The number of rotatable bonds is 6. The number of esters is 1. The van der Waals surface area contributed by atoms with E-state index in [1.54, 1.807) is 11.1 Å². The van der Waals surface area contributed by atoms with Crippen LogP contribution >= 0.6 is 31.9 Å². The van der Waals surface area contributed by atoms with Gasteiger partial charge in [-0.3, -0.25) is 0 Å². The summed E-state index contributed by atoms with van der Waals surface area (Å²) in [6.45, 7) is 0. The summed E-state index contributed by atoms with van der Waals surface area (Å²) < 4.78 is 4.98. The molecule has 0 radical (unpaired) electrons. The first-order valence-corrected chi connectivity index (χ1v) is 7.10. The smallest absolute Gasteiger partial charge is 0.336 e. The van der Waals surface area contributed by atoms with Crippen molar-refractivity contribution >= 4 is 37.8 Å². The molecule has 0 saturated carbocycles. The van der Waals surface area contributed by atoms with Gasteiger partial charge in [-0.25, -0.2) is 4.79 Å². The third-order valence-electron chi connectivity index (χ3n) is 2.25. The Morgan fingerprint density at radius 3 is 2.67 bits per heavy atom. The number of halogens is 2. The molecular weight excluding hydrogens is 324 g/mol. The molecule has 0 aliphatic carbocycles. The highest BCUT2D eigenvalue weighted by atomic mass is 79.9. The van der Waals surface area contributed by atoms with Crippen molar-refractivity contribution in [1.29, 1.82) is 0 Å². The molecule has 2 nitrogen and oxygen atoms in total. The maximum atomic E-state index is 11.0. The van der Waals surface area contributed by atoms with Gasteiger partial charge in [0.15, 0.2) is 0 Å². The number of allylic oxidation sites excluding steroid dienone is 1. The molecule has 1 heterocycles. The lowest BCUT2D eigenvalue weighted by Crippen LogP contribution is -1.90. The summed E-state index contributed by atoms with van der Waals surface area (Å²) in [5.41, 5.74) is 1.01. The van der Waals surface area contributed by atoms with E-state index in [4.69, 9.17) is 4.74 Å². The van der Waals surface area contributed by atoms with Gasteiger partial charge in [0.1, 0.15) is 5.76 Å². The average Bonchev–Trinajstić information content (AvgIpc) is 2.59. The molecule has 1 aliphatic rings. The Labute approximate surface area is 107 Å². The number of carbonyl (C=O) groups is 1. The van der Waals surface area contributed by atoms with Gasteiger partial charge in [0.05, 0.1) is 0 Å². The van der Waals surface area contributed by atoms with E-state index in [0.717, 1.165) is 23.7 Å². The van der Waals surface area contributed by atoms with E-state index in [1.165, 1.54) is 19.3 Å². The Hall–Kier alpha value is -0.0900. The number of unbranched alkanes of at least 4 members (excludes halogenated alkanes) is 3. The number of alkyl halides is 1. The van der Waals surface area contributed by atoms with Crippen molar-refractivity contribution in [2.45, 2.75) is 32.1 Å². The largest absolute Gasteiger partial charge is 0.423 e. The molecule has 84 valence electrons. The number of carbonyl (C=O) groups excluding carboxylic acids is 1. The summed E-state index contributed by atoms with van der Waals surface area (Å²) in [5, 5.41) is 1.07. The van der Waals surface area contributed by atoms with Crippen LogP contribution in [0.15, 0.2) is 22.4 Å². The lowest BCUT2D eigenvalue weighted by Gasteiger charge is -2.02. The van der Waals surface area contributed by atoms with Crippen molar-refractivity contribution < 1.29 is 9.53 Å². The van der Waals surface area contributed by atoms with Crippen LogP contribution in [0.3, 0.4) is 0 Å². The molecule has 4 heteroatoms. The van der Waals surface area contributed by atoms with Crippen molar-refractivity contribution in [3.8, 4) is 0 Å². The summed E-state index contributed by atoms with van der Waals surface area (Å²) in [6.07, 6.45) is 7.27. The highest BCUT2D eigenvalue weighted by Gasteiger charge is 2.18. The summed E-state index contributed by atoms with van der Waals surface area (Å²) in [4.78, 5) is 12.7. The molecule has 0 atom stereocenters. The lowest BCUT2D eigenvalue weighted by atomic mass is 10.1. The minimum Gasteiger partial charge on any atom is -0.423 e. The van der Waals surface area contributed by atoms with E-state index < -0.39 is 0 Å². The molecule has 0 saturated heterocycles. The Morgan fingerprint density at radius 2 is 2.00 bits per heavy atom. The third kappa shape index (κ3) is 4.51. The van der Waals surface area contributed by atoms with Gasteiger partial charge < -0.3 is 4.74 Å². The first-order chi connectivity index (χ1) is 7.27. The zero-order valence-corrected chi connectivity index (χ0v) is 11.6. The van der Waals surface area contributed by atoms with Gasteiger partial charge in [-0.1, -0.05) is 44.7 Å². The predicted octanol–water partition coefficient (Wildman–Crippen LogP) is 4.05. The quantitative estimate of drug-likeness (QED) is 0.415. The van der Waals surface area contributed by atoms with Crippen molar-refractivity contribution in [3.63, 3.8) is 0 Å². The third-order valence-corrected chi connectivity index (χ3v) is 3.22. The average molecular weight is 338 g/mol. The van der Waals surface area contributed by atoms with Crippen LogP contribution in [0, 0.1) is 0 Å². The van der Waals surface area contributed by atoms with Crippen LogP contribution in [-0.4, -0.2) is 11.3 Å². The molecule has 0 aromatic carbocycles. The molecule has 0 aromatic heterocycles. The molecule has 1 rings (SSSR count). The summed E-state index contributed by atoms with van der Waals surface area (Å²) >= 11 is 6.60. The van der Waals surface area contributed by atoms with E-state index in [9.17, 15) is 4.79 Å². The number of cyclic esters (lactones) is 1. The molecule has 0 spiro atoms. The fourth-order valence-corrected chi connectivity index (χ4v) is 2.25. The van der Waals surface area contributed by atoms with Gasteiger partial charge >= 0.3 is 5.97 Å².